The lowest BCUT2D eigenvalue weighted by Gasteiger charge is -2.57. The van der Waals surface area contributed by atoms with Crippen LogP contribution < -0.4 is 0 Å². The van der Waals surface area contributed by atoms with Crippen LogP contribution in [0.25, 0.3) is 11.1 Å². The molecule has 0 heterocycles. The Morgan fingerprint density at radius 1 is 0.731 bits per heavy atom. The van der Waals surface area contributed by atoms with Crippen molar-refractivity contribution in [1.82, 2.24) is 0 Å². The van der Waals surface area contributed by atoms with E-state index in [2.05, 4.69) is 69.3 Å². The summed E-state index contributed by atoms with van der Waals surface area (Å²) in [5.74, 6) is 3.05. The molecule has 4 bridgehead atoms. The van der Waals surface area contributed by atoms with Crippen molar-refractivity contribution in [1.29, 1.82) is 0 Å². The van der Waals surface area contributed by atoms with Crippen molar-refractivity contribution in [3.63, 3.8) is 0 Å². The van der Waals surface area contributed by atoms with Gasteiger partial charge in [0, 0.05) is 0 Å². The highest BCUT2D eigenvalue weighted by molar-refractivity contribution is 5.69. The minimum absolute atomic E-state index is 0.176. The molecule has 0 radical (unpaired) electrons. The Kier molecular flexibility index (Phi) is 3.65. The van der Waals surface area contributed by atoms with Crippen LogP contribution in [0.15, 0.2) is 48.5 Å². The first kappa shape index (κ1) is 16.6. The Morgan fingerprint density at radius 3 is 1.81 bits per heavy atom. The second-order valence-electron chi connectivity index (χ2n) is 10.6. The standard InChI is InChI=1S/C26H32/c1-25(2,3)24-7-5-4-6-23(24)21-8-10-22(11-9-21)26-15-18-12-19(16-26)14-20(13-18)17-26/h4-11,18-20H,12-17H2,1-3H3. The Labute approximate surface area is 159 Å². The smallest absolute Gasteiger partial charge is 0.00391 e. The van der Waals surface area contributed by atoms with Crippen molar-refractivity contribution in [2.24, 2.45) is 17.8 Å². The van der Waals surface area contributed by atoms with E-state index in [1.54, 1.807) is 5.56 Å². The summed E-state index contributed by atoms with van der Waals surface area (Å²) in [6.07, 6.45) is 8.94. The first-order chi connectivity index (χ1) is 12.4. The van der Waals surface area contributed by atoms with Crippen LogP contribution in [0.4, 0.5) is 0 Å². The molecule has 2 aromatic carbocycles. The summed E-state index contributed by atoms with van der Waals surface area (Å²) in [4.78, 5) is 0. The highest BCUT2D eigenvalue weighted by atomic mass is 14.6. The quantitative estimate of drug-likeness (QED) is 0.544. The summed E-state index contributed by atoms with van der Waals surface area (Å²) in [6.45, 7) is 6.95. The molecule has 0 heteroatoms. The lowest BCUT2D eigenvalue weighted by molar-refractivity contribution is -0.00518. The summed E-state index contributed by atoms with van der Waals surface area (Å²) < 4.78 is 0. The Morgan fingerprint density at radius 2 is 1.27 bits per heavy atom. The van der Waals surface area contributed by atoms with E-state index in [9.17, 15) is 0 Å². The maximum Gasteiger partial charge on any atom is -0.00391 e. The van der Waals surface area contributed by atoms with Gasteiger partial charge in [0.25, 0.3) is 0 Å². The van der Waals surface area contributed by atoms with Crippen molar-refractivity contribution in [3.05, 3.63) is 59.7 Å². The minimum Gasteiger partial charge on any atom is -0.0619 e. The molecule has 136 valence electrons. The summed E-state index contributed by atoms with van der Waals surface area (Å²) in [7, 11) is 0. The lowest BCUT2D eigenvalue weighted by atomic mass is 9.48. The monoisotopic (exact) mass is 344 g/mol. The second-order valence-corrected chi connectivity index (χ2v) is 10.6. The van der Waals surface area contributed by atoms with E-state index in [1.165, 1.54) is 55.2 Å². The zero-order chi connectivity index (χ0) is 17.9. The molecule has 0 spiro atoms. The predicted octanol–water partition coefficient (Wildman–Crippen LogP) is 7.12. The van der Waals surface area contributed by atoms with E-state index < -0.39 is 0 Å². The van der Waals surface area contributed by atoms with Gasteiger partial charge in [-0.3, -0.25) is 0 Å². The van der Waals surface area contributed by atoms with E-state index in [4.69, 9.17) is 0 Å². The van der Waals surface area contributed by atoms with E-state index in [0.29, 0.717) is 5.41 Å². The van der Waals surface area contributed by atoms with Gasteiger partial charge in [-0.05, 0) is 89.4 Å². The third-order valence-corrected chi connectivity index (χ3v) is 7.58. The molecular formula is C26H32. The third-order valence-electron chi connectivity index (χ3n) is 7.58. The van der Waals surface area contributed by atoms with E-state index >= 15 is 0 Å². The van der Waals surface area contributed by atoms with Gasteiger partial charge in [0.1, 0.15) is 0 Å². The van der Waals surface area contributed by atoms with Crippen molar-refractivity contribution in [2.75, 3.05) is 0 Å². The Bertz CT molecular complexity index is 767. The van der Waals surface area contributed by atoms with Crippen LogP contribution in [0, 0.1) is 17.8 Å². The molecule has 0 aliphatic heterocycles. The molecule has 4 fully saturated rings. The largest absolute Gasteiger partial charge is 0.0619 e. The first-order valence-electron chi connectivity index (χ1n) is 10.6. The highest BCUT2D eigenvalue weighted by Crippen LogP contribution is 2.60. The maximum atomic E-state index is 2.47. The van der Waals surface area contributed by atoms with Crippen LogP contribution in [0.2, 0.25) is 0 Å². The molecule has 4 saturated carbocycles. The Hall–Kier alpha value is -1.56. The van der Waals surface area contributed by atoms with Crippen molar-refractivity contribution in [2.45, 2.75) is 70.1 Å². The van der Waals surface area contributed by atoms with Crippen molar-refractivity contribution >= 4 is 0 Å². The molecule has 0 saturated heterocycles. The van der Waals surface area contributed by atoms with Gasteiger partial charge in [0.2, 0.25) is 0 Å². The van der Waals surface area contributed by atoms with Gasteiger partial charge in [-0.1, -0.05) is 69.3 Å². The topological polar surface area (TPSA) is 0 Å². The van der Waals surface area contributed by atoms with Crippen LogP contribution in [-0.4, -0.2) is 0 Å². The van der Waals surface area contributed by atoms with Crippen LogP contribution in [0.5, 0.6) is 0 Å². The fraction of sp³-hybridized carbons (Fsp3) is 0.538. The molecule has 6 rings (SSSR count). The molecule has 0 nitrogen and oxygen atoms in total. The van der Waals surface area contributed by atoms with Gasteiger partial charge in [0.15, 0.2) is 0 Å². The second kappa shape index (κ2) is 5.72. The van der Waals surface area contributed by atoms with E-state index in [1.807, 2.05) is 0 Å². The SMILES string of the molecule is CC(C)(C)c1ccccc1-c1ccc(C23CC4CC(CC(C4)C2)C3)cc1. The van der Waals surface area contributed by atoms with Crippen molar-refractivity contribution in [3.8, 4) is 11.1 Å². The predicted molar refractivity (Wildman–Crippen MR) is 110 cm³/mol. The molecule has 0 atom stereocenters. The molecule has 0 aromatic heterocycles. The van der Waals surface area contributed by atoms with Gasteiger partial charge in [0.05, 0.1) is 0 Å². The van der Waals surface area contributed by atoms with Crippen LogP contribution in [0.3, 0.4) is 0 Å². The van der Waals surface area contributed by atoms with Gasteiger partial charge in [-0.2, -0.15) is 0 Å². The molecule has 0 amide bonds. The lowest BCUT2D eigenvalue weighted by Crippen LogP contribution is -2.48. The molecule has 26 heavy (non-hydrogen) atoms. The van der Waals surface area contributed by atoms with Crippen LogP contribution in [-0.2, 0) is 10.8 Å². The zero-order valence-corrected chi connectivity index (χ0v) is 16.6. The molecule has 4 aliphatic rings. The van der Waals surface area contributed by atoms with Gasteiger partial charge < -0.3 is 0 Å². The molecule has 2 aromatic rings. The molecule has 4 aliphatic carbocycles. The molecular weight excluding hydrogens is 312 g/mol. The van der Waals surface area contributed by atoms with E-state index in [0.717, 1.165) is 17.8 Å². The van der Waals surface area contributed by atoms with Crippen LogP contribution in [0.1, 0.15) is 70.4 Å². The van der Waals surface area contributed by atoms with Gasteiger partial charge in [-0.15, -0.1) is 0 Å². The highest BCUT2D eigenvalue weighted by Gasteiger charge is 2.51. The van der Waals surface area contributed by atoms with Crippen LogP contribution >= 0.6 is 0 Å². The average molecular weight is 345 g/mol. The summed E-state index contributed by atoms with van der Waals surface area (Å²) in [6, 6.07) is 18.7. The zero-order valence-electron chi connectivity index (χ0n) is 16.6. The summed E-state index contributed by atoms with van der Waals surface area (Å²) in [5.41, 5.74) is 6.55. The molecule has 0 N–H and O–H groups in total. The maximum absolute atomic E-state index is 2.47. The fourth-order valence-electron chi connectivity index (χ4n) is 6.86. The number of benzene rings is 2. The summed E-state index contributed by atoms with van der Waals surface area (Å²) >= 11 is 0. The van der Waals surface area contributed by atoms with Gasteiger partial charge >= 0.3 is 0 Å². The first-order valence-corrected chi connectivity index (χ1v) is 10.6. The fourth-order valence-corrected chi connectivity index (χ4v) is 6.86. The van der Waals surface area contributed by atoms with Gasteiger partial charge in [-0.25, -0.2) is 0 Å². The molecule has 0 unspecified atom stereocenters. The minimum atomic E-state index is 0.176. The van der Waals surface area contributed by atoms with Crippen molar-refractivity contribution < 1.29 is 0 Å². The normalized spacial score (nSPS) is 32.8. The number of rotatable bonds is 2. The number of hydrogen-bond acceptors (Lipinski definition) is 0. The third kappa shape index (κ3) is 2.65. The summed E-state index contributed by atoms with van der Waals surface area (Å²) in [5, 5.41) is 0. The number of hydrogen-bond donors (Lipinski definition) is 0. The van der Waals surface area contributed by atoms with E-state index in [-0.39, 0.29) is 5.41 Å². The Balaban J connectivity index is 1.50. The average Bonchev–Trinajstić information content (AvgIpc) is 2.60.